The first-order valence-electron chi connectivity index (χ1n) is 8.94. The lowest BCUT2D eigenvalue weighted by atomic mass is 10.1. The van der Waals surface area contributed by atoms with E-state index in [2.05, 4.69) is 11.9 Å². The molecule has 0 saturated heterocycles. The molecule has 0 saturated carbocycles. The van der Waals surface area contributed by atoms with E-state index in [4.69, 9.17) is 27.9 Å². The summed E-state index contributed by atoms with van der Waals surface area (Å²) in [6.07, 6.45) is 2.68. The maximum absolute atomic E-state index is 10.7. The zero-order valence-corrected chi connectivity index (χ0v) is 17.2. The second-order valence-electron chi connectivity index (χ2n) is 6.30. The number of nitrogens with zero attached hydrogens (tertiary/aromatic N) is 2. The molecule has 3 aromatic rings. The zero-order valence-electron chi connectivity index (χ0n) is 15.6. The number of halogens is 2. The molecule has 0 aliphatic heterocycles. The van der Waals surface area contributed by atoms with Crippen molar-refractivity contribution >= 4 is 40.8 Å². The summed E-state index contributed by atoms with van der Waals surface area (Å²) in [7, 11) is 0. The van der Waals surface area contributed by atoms with Crippen LogP contribution in [0.1, 0.15) is 23.6 Å². The molecule has 0 N–H and O–H groups in total. The third-order valence-electron chi connectivity index (χ3n) is 4.26. The highest BCUT2D eigenvalue weighted by molar-refractivity contribution is 6.37. The minimum absolute atomic E-state index is 0.0257. The van der Waals surface area contributed by atoms with Gasteiger partial charge in [-0.2, -0.15) is 0 Å². The van der Waals surface area contributed by atoms with Crippen molar-refractivity contribution in [2.75, 3.05) is 0 Å². The van der Waals surface area contributed by atoms with Gasteiger partial charge in [-0.1, -0.05) is 42.3 Å². The van der Waals surface area contributed by atoms with Crippen LogP contribution in [0, 0.1) is 10.1 Å². The summed E-state index contributed by atoms with van der Waals surface area (Å²) in [4.78, 5) is 14.7. The van der Waals surface area contributed by atoms with Crippen LogP contribution in [0.3, 0.4) is 0 Å². The van der Waals surface area contributed by atoms with E-state index in [0.29, 0.717) is 15.8 Å². The molecular formula is C22H18Cl2N2O3. The van der Waals surface area contributed by atoms with E-state index in [0.717, 1.165) is 23.2 Å². The molecule has 29 heavy (non-hydrogen) atoms. The molecule has 7 heteroatoms. The van der Waals surface area contributed by atoms with Crippen LogP contribution in [0.5, 0.6) is 5.75 Å². The van der Waals surface area contributed by atoms with Gasteiger partial charge in [0.2, 0.25) is 0 Å². The van der Waals surface area contributed by atoms with Crippen LogP contribution in [-0.2, 0) is 13.0 Å². The highest BCUT2D eigenvalue weighted by Gasteiger charge is 2.10. The Morgan fingerprint density at radius 3 is 2.14 bits per heavy atom. The molecule has 0 heterocycles. The molecule has 5 nitrogen and oxygen atoms in total. The smallest absolute Gasteiger partial charge is 0.269 e. The lowest BCUT2D eigenvalue weighted by molar-refractivity contribution is -0.384. The van der Waals surface area contributed by atoms with Crippen LogP contribution in [0.25, 0.3) is 0 Å². The third kappa shape index (κ3) is 5.56. The number of aliphatic imine (C=N–C) groups is 1. The van der Waals surface area contributed by atoms with Crippen molar-refractivity contribution in [2.24, 2.45) is 4.99 Å². The number of ether oxygens (including phenoxy) is 1. The van der Waals surface area contributed by atoms with E-state index in [1.807, 2.05) is 24.3 Å². The Bertz CT molecular complexity index is 1010. The molecule has 0 radical (unpaired) electrons. The highest BCUT2D eigenvalue weighted by atomic mass is 35.5. The first-order valence-corrected chi connectivity index (χ1v) is 9.70. The Hall–Kier alpha value is -2.89. The van der Waals surface area contributed by atoms with E-state index in [9.17, 15) is 10.1 Å². The second-order valence-corrected chi connectivity index (χ2v) is 7.12. The number of aryl methyl sites for hydroxylation is 1. The van der Waals surface area contributed by atoms with Gasteiger partial charge < -0.3 is 4.74 Å². The maximum Gasteiger partial charge on any atom is 0.269 e. The summed E-state index contributed by atoms with van der Waals surface area (Å²) < 4.78 is 5.72. The largest absolute Gasteiger partial charge is 0.486 e. The summed E-state index contributed by atoms with van der Waals surface area (Å²) >= 11 is 12.7. The van der Waals surface area contributed by atoms with Crippen molar-refractivity contribution in [1.82, 2.24) is 0 Å². The van der Waals surface area contributed by atoms with Gasteiger partial charge in [-0.15, -0.1) is 0 Å². The number of nitro benzene ring substituents is 1. The number of hydrogen-bond donors (Lipinski definition) is 0. The van der Waals surface area contributed by atoms with Crippen LogP contribution in [-0.4, -0.2) is 11.1 Å². The molecule has 0 spiro atoms. The average molecular weight is 429 g/mol. The molecule has 0 aliphatic carbocycles. The van der Waals surface area contributed by atoms with Crippen molar-refractivity contribution < 1.29 is 9.66 Å². The van der Waals surface area contributed by atoms with Crippen LogP contribution in [0.2, 0.25) is 10.0 Å². The van der Waals surface area contributed by atoms with Crippen LogP contribution < -0.4 is 4.74 Å². The molecule has 0 atom stereocenters. The summed E-state index contributed by atoms with van der Waals surface area (Å²) in [5.41, 5.74) is 3.64. The quantitative estimate of drug-likeness (QED) is 0.236. The standard InChI is InChI=1S/C22H18Cl2N2O3/c1-2-15-3-7-18(8-4-15)25-13-17-11-20(23)22(21(24)12-17)29-14-16-5-9-19(10-6-16)26(27)28/h3-13H,2,14H2,1H3. The number of rotatable bonds is 7. The maximum atomic E-state index is 10.7. The van der Waals surface area contributed by atoms with Gasteiger partial charge in [0.15, 0.2) is 5.75 Å². The molecule has 0 amide bonds. The summed E-state index contributed by atoms with van der Waals surface area (Å²) in [6, 6.07) is 17.6. The Kier molecular flexibility index (Phi) is 6.86. The molecular weight excluding hydrogens is 411 g/mol. The van der Waals surface area contributed by atoms with Gasteiger partial charge in [-0.3, -0.25) is 15.1 Å². The molecule has 3 rings (SSSR count). The summed E-state index contributed by atoms with van der Waals surface area (Å²) in [6.45, 7) is 2.29. The first-order chi connectivity index (χ1) is 14.0. The fourth-order valence-electron chi connectivity index (χ4n) is 2.63. The fourth-order valence-corrected chi connectivity index (χ4v) is 3.24. The lowest BCUT2D eigenvalue weighted by Crippen LogP contribution is -1.98. The Morgan fingerprint density at radius 1 is 1.00 bits per heavy atom. The van der Waals surface area contributed by atoms with E-state index >= 15 is 0 Å². The van der Waals surface area contributed by atoms with Crippen molar-refractivity contribution in [1.29, 1.82) is 0 Å². The molecule has 0 aliphatic rings. The van der Waals surface area contributed by atoms with Gasteiger partial charge >= 0.3 is 0 Å². The SMILES string of the molecule is CCc1ccc(N=Cc2cc(Cl)c(OCc3ccc([N+](=O)[O-])cc3)c(Cl)c2)cc1. The topological polar surface area (TPSA) is 64.7 Å². The molecule has 3 aromatic carbocycles. The Balaban J connectivity index is 1.69. The van der Waals surface area contributed by atoms with Crippen LogP contribution in [0.15, 0.2) is 65.7 Å². The highest BCUT2D eigenvalue weighted by Crippen LogP contribution is 2.34. The van der Waals surface area contributed by atoms with Crippen molar-refractivity contribution in [3.8, 4) is 5.75 Å². The number of benzene rings is 3. The van der Waals surface area contributed by atoms with Gasteiger partial charge in [0.05, 0.1) is 20.7 Å². The molecule has 148 valence electrons. The van der Waals surface area contributed by atoms with Gasteiger partial charge in [0.25, 0.3) is 5.69 Å². The first kappa shape index (κ1) is 20.8. The van der Waals surface area contributed by atoms with E-state index in [1.54, 1.807) is 30.5 Å². The van der Waals surface area contributed by atoms with E-state index in [1.165, 1.54) is 17.7 Å². The average Bonchev–Trinajstić information content (AvgIpc) is 2.72. The molecule has 0 unspecified atom stereocenters. The van der Waals surface area contributed by atoms with E-state index < -0.39 is 4.92 Å². The normalized spacial score (nSPS) is 11.0. The second kappa shape index (κ2) is 9.54. The van der Waals surface area contributed by atoms with Gasteiger partial charge in [-0.05, 0) is 59.5 Å². The minimum atomic E-state index is -0.448. The van der Waals surface area contributed by atoms with E-state index in [-0.39, 0.29) is 12.3 Å². The molecule has 0 fully saturated rings. The lowest BCUT2D eigenvalue weighted by Gasteiger charge is -2.11. The van der Waals surface area contributed by atoms with Gasteiger partial charge in [0, 0.05) is 18.3 Å². The molecule has 0 bridgehead atoms. The van der Waals surface area contributed by atoms with Crippen LogP contribution >= 0.6 is 23.2 Å². The van der Waals surface area contributed by atoms with Crippen molar-refractivity contribution in [2.45, 2.75) is 20.0 Å². The fraction of sp³-hybridized carbons (Fsp3) is 0.136. The number of hydrogen-bond acceptors (Lipinski definition) is 4. The van der Waals surface area contributed by atoms with Crippen LogP contribution in [0.4, 0.5) is 11.4 Å². The molecule has 0 aromatic heterocycles. The minimum Gasteiger partial charge on any atom is -0.486 e. The number of nitro groups is 1. The predicted octanol–water partition coefficient (Wildman–Crippen LogP) is 6.79. The van der Waals surface area contributed by atoms with Crippen molar-refractivity contribution in [3.05, 3.63) is 97.5 Å². The summed E-state index contributed by atoms with van der Waals surface area (Å²) in [5.74, 6) is 0.358. The Morgan fingerprint density at radius 2 is 1.59 bits per heavy atom. The Labute approximate surface area is 178 Å². The summed E-state index contributed by atoms with van der Waals surface area (Å²) in [5, 5.41) is 11.4. The monoisotopic (exact) mass is 428 g/mol. The number of non-ortho nitro benzene ring substituents is 1. The van der Waals surface area contributed by atoms with Gasteiger partial charge in [-0.25, -0.2) is 0 Å². The zero-order chi connectivity index (χ0) is 20.8. The third-order valence-corrected chi connectivity index (χ3v) is 4.82. The van der Waals surface area contributed by atoms with Gasteiger partial charge in [0.1, 0.15) is 6.61 Å². The predicted molar refractivity (Wildman–Crippen MR) is 117 cm³/mol. The van der Waals surface area contributed by atoms with Crippen molar-refractivity contribution in [3.63, 3.8) is 0 Å².